The van der Waals surface area contributed by atoms with E-state index in [0.29, 0.717) is 13.0 Å². The van der Waals surface area contributed by atoms with E-state index in [1.165, 1.54) is 0 Å². The lowest BCUT2D eigenvalue weighted by Gasteiger charge is -2.30. The van der Waals surface area contributed by atoms with Gasteiger partial charge in [0.1, 0.15) is 17.9 Å². The van der Waals surface area contributed by atoms with Crippen LogP contribution in [0.2, 0.25) is 0 Å². The molecule has 0 aromatic heterocycles. The molecule has 0 radical (unpaired) electrons. The summed E-state index contributed by atoms with van der Waals surface area (Å²) >= 11 is 0. The third-order valence-electron chi connectivity index (χ3n) is 4.02. The predicted molar refractivity (Wildman–Crippen MR) is 89.8 cm³/mol. The molecule has 1 aliphatic heterocycles. The highest BCUT2D eigenvalue weighted by Crippen LogP contribution is 2.32. The molecule has 1 aliphatic rings. The highest BCUT2D eigenvalue weighted by Gasteiger charge is 2.44. The maximum Gasteiger partial charge on any atom is 0.323 e. The second kappa shape index (κ2) is 7.09. The number of carbonyl (C=O) groups excluding carboxylic acids is 2. The fraction of sp³-hybridized carbons (Fsp3) is 0.474. The van der Waals surface area contributed by atoms with Crippen LogP contribution in [0, 0.1) is 5.92 Å². The second-order valence-electron chi connectivity index (χ2n) is 6.97. The number of hydrogen-bond donors (Lipinski definition) is 0. The van der Waals surface area contributed by atoms with Gasteiger partial charge in [-0.15, -0.1) is 6.58 Å². The number of carbonyl (C=O) groups is 2. The fourth-order valence-electron chi connectivity index (χ4n) is 3.04. The number of ether oxygens (including phenoxy) is 1. The first-order valence-corrected chi connectivity index (χ1v) is 7.96. The average Bonchev–Trinajstić information content (AvgIpc) is 2.84. The molecule has 1 heterocycles. The molecule has 3 atom stereocenters. The summed E-state index contributed by atoms with van der Waals surface area (Å²) in [5.41, 5.74) is 0.554. The Morgan fingerprint density at radius 2 is 2.00 bits per heavy atom. The Hall–Kier alpha value is -1.94. The molecule has 0 aliphatic carbocycles. The van der Waals surface area contributed by atoms with Crippen LogP contribution in [0.4, 0.5) is 0 Å². The minimum absolute atomic E-state index is 0.148. The van der Waals surface area contributed by atoms with Gasteiger partial charge >= 0.3 is 5.97 Å². The van der Waals surface area contributed by atoms with Crippen molar-refractivity contribution in [2.45, 2.75) is 51.4 Å². The van der Waals surface area contributed by atoms with Gasteiger partial charge in [-0.2, -0.15) is 0 Å². The SMILES string of the molecule is C=C[C@H]1[C@H](C=O)CC(C(=O)OC(C)(C)C)N1Cc1ccccc1. The summed E-state index contributed by atoms with van der Waals surface area (Å²) < 4.78 is 5.54. The lowest BCUT2D eigenvalue weighted by atomic mass is 10.0. The molecule has 1 fully saturated rings. The molecule has 23 heavy (non-hydrogen) atoms. The van der Waals surface area contributed by atoms with Gasteiger partial charge in [-0.05, 0) is 32.8 Å². The minimum Gasteiger partial charge on any atom is -0.459 e. The summed E-state index contributed by atoms with van der Waals surface area (Å²) in [4.78, 5) is 26.0. The van der Waals surface area contributed by atoms with Gasteiger partial charge in [0, 0.05) is 18.5 Å². The van der Waals surface area contributed by atoms with Crippen LogP contribution >= 0.6 is 0 Å². The summed E-state index contributed by atoms with van der Waals surface area (Å²) in [6.07, 6.45) is 3.16. The van der Waals surface area contributed by atoms with Crippen LogP contribution in [0.15, 0.2) is 43.0 Å². The first-order chi connectivity index (χ1) is 10.9. The maximum absolute atomic E-state index is 12.6. The predicted octanol–water partition coefficient (Wildman–Crippen LogP) is 2.97. The van der Waals surface area contributed by atoms with Crippen molar-refractivity contribution in [3.63, 3.8) is 0 Å². The van der Waals surface area contributed by atoms with Gasteiger partial charge in [0.2, 0.25) is 0 Å². The molecule has 0 N–H and O–H groups in total. The molecule has 4 heteroatoms. The minimum atomic E-state index is -0.543. The highest BCUT2D eigenvalue weighted by atomic mass is 16.6. The van der Waals surface area contributed by atoms with Crippen LogP contribution in [0.1, 0.15) is 32.8 Å². The molecule has 0 spiro atoms. The molecule has 2 rings (SSSR count). The van der Waals surface area contributed by atoms with E-state index in [2.05, 4.69) is 6.58 Å². The zero-order valence-corrected chi connectivity index (χ0v) is 14.1. The van der Waals surface area contributed by atoms with E-state index in [1.807, 2.05) is 56.0 Å². The zero-order valence-electron chi connectivity index (χ0n) is 14.1. The Labute approximate surface area is 138 Å². The Morgan fingerprint density at radius 1 is 1.35 bits per heavy atom. The largest absolute Gasteiger partial charge is 0.459 e. The third kappa shape index (κ3) is 4.29. The first kappa shape index (κ1) is 17.4. The van der Waals surface area contributed by atoms with Crippen LogP contribution in [-0.2, 0) is 20.9 Å². The standard InChI is InChI=1S/C19H25NO3/c1-5-16-15(13-21)11-17(18(22)23-19(2,3)4)20(16)12-14-9-7-6-8-10-14/h5-10,13,15-17H,1,11-12H2,2-4H3/t15-,16-,17?/m0/s1. The molecule has 1 saturated heterocycles. The molecule has 0 amide bonds. The Morgan fingerprint density at radius 3 is 2.52 bits per heavy atom. The number of benzene rings is 1. The van der Waals surface area contributed by atoms with Crippen molar-refractivity contribution in [2.24, 2.45) is 5.92 Å². The van der Waals surface area contributed by atoms with E-state index in [-0.39, 0.29) is 17.9 Å². The molecule has 1 aromatic carbocycles. The van der Waals surface area contributed by atoms with Gasteiger partial charge in [0.05, 0.1) is 0 Å². The smallest absolute Gasteiger partial charge is 0.323 e. The Balaban J connectivity index is 2.25. The van der Waals surface area contributed by atoms with Crippen molar-refractivity contribution in [3.05, 3.63) is 48.6 Å². The fourth-order valence-corrected chi connectivity index (χ4v) is 3.04. The van der Waals surface area contributed by atoms with Crippen molar-refractivity contribution in [1.29, 1.82) is 0 Å². The van der Waals surface area contributed by atoms with Gasteiger partial charge in [-0.25, -0.2) is 0 Å². The van der Waals surface area contributed by atoms with E-state index < -0.39 is 11.6 Å². The summed E-state index contributed by atoms with van der Waals surface area (Å²) in [5.74, 6) is -0.502. The van der Waals surface area contributed by atoms with Gasteiger partial charge in [-0.3, -0.25) is 9.69 Å². The topological polar surface area (TPSA) is 46.6 Å². The molecule has 1 unspecified atom stereocenters. The van der Waals surface area contributed by atoms with E-state index >= 15 is 0 Å². The zero-order chi connectivity index (χ0) is 17.0. The monoisotopic (exact) mass is 315 g/mol. The van der Waals surface area contributed by atoms with Crippen molar-refractivity contribution >= 4 is 12.3 Å². The highest BCUT2D eigenvalue weighted by molar-refractivity contribution is 5.78. The Kier molecular flexibility index (Phi) is 5.37. The van der Waals surface area contributed by atoms with Crippen molar-refractivity contribution in [1.82, 2.24) is 4.90 Å². The van der Waals surface area contributed by atoms with Gasteiger partial charge in [-0.1, -0.05) is 36.4 Å². The van der Waals surface area contributed by atoms with Crippen LogP contribution in [-0.4, -0.2) is 34.8 Å². The van der Waals surface area contributed by atoms with E-state index in [4.69, 9.17) is 4.74 Å². The van der Waals surface area contributed by atoms with E-state index in [9.17, 15) is 9.59 Å². The van der Waals surface area contributed by atoms with Crippen molar-refractivity contribution < 1.29 is 14.3 Å². The van der Waals surface area contributed by atoms with Gasteiger partial charge in [0.25, 0.3) is 0 Å². The maximum atomic E-state index is 12.6. The number of aldehydes is 1. The van der Waals surface area contributed by atoms with Crippen LogP contribution < -0.4 is 0 Å². The summed E-state index contributed by atoms with van der Waals surface area (Å²) in [6, 6.07) is 9.35. The number of esters is 1. The number of likely N-dealkylation sites (tertiary alicyclic amines) is 1. The summed E-state index contributed by atoms with van der Waals surface area (Å²) in [6.45, 7) is 9.99. The number of nitrogens with zero attached hydrogens (tertiary/aromatic N) is 1. The van der Waals surface area contributed by atoms with Gasteiger partial charge < -0.3 is 9.53 Å². The molecular formula is C19H25NO3. The molecule has 0 bridgehead atoms. The quantitative estimate of drug-likeness (QED) is 0.476. The van der Waals surface area contributed by atoms with E-state index in [0.717, 1.165) is 11.8 Å². The number of rotatable bonds is 5. The normalized spacial score (nSPS) is 25.1. The molecule has 124 valence electrons. The lowest BCUT2D eigenvalue weighted by molar-refractivity contribution is -0.160. The first-order valence-electron chi connectivity index (χ1n) is 7.96. The Bertz CT molecular complexity index is 562. The lowest BCUT2D eigenvalue weighted by Crippen LogP contribution is -2.43. The van der Waals surface area contributed by atoms with Crippen LogP contribution in [0.25, 0.3) is 0 Å². The summed E-state index contributed by atoms with van der Waals surface area (Å²) in [7, 11) is 0. The van der Waals surface area contributed by atoms with Crippen molar-refractivity contribution in [2.75, 3.05) is 0 Å². The summed E-state index contributed by atoms with van der Waals surface area (Å²) in [5, 5.41) is 0. The average molecular weight is 315 g/mol. The van der Waals surface area contributed by atoms with Crippen molar-refractivity contribution in [3.8, 4) is 0 Å². The third-order valence-corrected chi connectivity index (χ3v) is 4.02. The second-order valence-corrected chi connectivity index (χ2v) is 6.97. The van der Waals surface area contributed by atoms with Gasteiger partial charge in [0.15, 0.2) is 0 Å². The van der Waals surface area contributed by atoms with E-state index in [1.54, 1.807) is 6.08 Å². The molecular weight excluding hydrogens is 290 g/mol. The molecule has 0 saturated carbocycles. The molecule has 1 aromatic rings. The number of hydrogen-bond acceptors (Lipinski definition) is 4. The molecule has 4 nitrogen and oxygen atoms in total. The van der Waals surface area contributed by atoms with Crippen LogP contribution in [0.3, 0.4) is 0 Å². The van der Waals surface area contributed by atoms with Crippen LogP contribution in [0.5, 0.6) is 0 Å².